The maximum Gasteiger partial charge on any atom is 0.419 e. The van der Waals surface area contributed by atoms with Gasteiger partial charge in [0, 0.05) is 31.3 Å². The van der Waals surface area contributed by atoms with Crippen molar-refractivity contribution in [3.8, 4) is 0 Å². The summed E-state index contributed by atoms with van der Waals surface area (Å²) in [4.78, 5) is 22.9. The fraction of sp³-hybridized carbons (Fsp3) is 0.375. The van der Waals surface area contributed by atoms with Gasteiger partial charge >= 0.3 is 6.18 Å². The Balaban J connectivity index is 1.71. The van der Waals surface area contributed by atoms with E-state index < -0.39 is 30.0 Å². The molecular weight excluding hydrogens is 488 g/mol. The molecule has 4 rings (SSSR count). The zero-order chi connectivity index (χ0) is 26.2. The molecule has 2 aromatic heterocycles. The van der Waals surface area contributed by atoms with E-state index in [9.17, 15) is 31.1 Å². The zero-order valence-corrected chi connectivity index (χ0v) is 19.4. The molecule has 1 N–H and O–H groups in total. The Kier molecular flexibility index (Phi) is 7.07. The molecule has 0 aliphatic carbocycles. The SMILES string of the molecule is C[C@@H](Nc1ncnc2c1cc(C1=CCN(CC(F)F)CC1)c(=O)n2C)c1cccc(C(F)(F)F)c1F. The van der Waals surface area contributed by atoms with E-state index in [0.717, 1.165) is 6.07 Å². The third-order valence-corrected chi connectivity index (χ3v) is 6.19. The van der Waals surface area contributed by atoms with Gasteiger partial charge in [-0.1, -0.05) is 18.2 Å². The number of hydrogen-bond acceptors (Lipinski definition) is 5. The number of benzene rings is 1. The molecule has 12 heteroatoms. The fourth-order valence-electron chi connectivity index (χ4n) is 4.32. The Morgan fingerprint density at radius 3 is 2.58 bits per heavy atom. The maximum atomic E-state index is 14.7. The van der Waals surface area contributed by atoms with Gasteiger partial charge in [-0.25, -0.2) is 23.1 Å². The van der Waals surface area contributed by atoms with Crippen LogP contribution in [0.5, 0.6) is 0 Å². The van der Waals surface area contributed by atoms with E-state index in [-0.39, 0.29) is 35.7 Å². The van der Waals surface area contributed by atoms with Crippen molar-refractivity contribution >= 4 is 22.4 Å². The average molecular weight is 511 g/mol. The van der Waals surface area contributed by atoms with Gasteiger partial charge < -0.3 is 5.32 Å². The molecule has 6 nitrogen and oxygen atoms in total. The second-order valence-electron chi connectivity index (χ2n) is 8.58. The van der Waals surface area contributed by atoms with Crippen LogP contribution in [0.3, 0.4) is 0 Å². The molecule has 0 saturated carbocycles. The predicted molar refractivity (Wildman–Crippen MR) is 123 cm³/mol. The molecule has 0 radical (unpaired) electrons. The molecule has 3 aromatic rings. The maximum absolute atomic E-state index is 14.7. The highest BCUT2D eigenvalue weighted by atomic mass is 19.4. The third-order valence-electron chi connectivity index (χ3n) is 6.19. The monoisotopic (exact) mass is 511 g/mol. The van der Waals surface area contributed by atoms with Crippen LogP contribution >= 0.6 is 0 Å². The summed E-state index contributed by atoms with van der Waals surface area (Å²) in [6.45, 7) is 1.77. The quantitative estimate of drug-likeness (QED) is 0.472. The van der Waals surface area contributed by atoms with Gasteiger partial charge in [0.15, 0.2) is 0 Å². The summed E-state index contributed by atoms with van der Waals surface area (Å²) < 4.78 is 80.9. The van der Waals surface area contributed by atoms with Crippen LogP contribution in [0.2, 0.25) is 0 Å². The second kappa shape index (κ2) is 9.92. The minimum atomic E-state index is -4.84. The molecule has 0 spiro atoms. The van der Waals surface area contributed by atoms with Crippen LogP contribution < -0.4 is 10.9 Å². The van der Waals surface area contributed by atoms with Gasteiger partial charge in [-0.15, -0.1) is 0 Å². The summed E-state index contributed by atoms with van der Waals surface area (Å²) in [7, 11) is 1.52. The van der Waals surface area contributed by atoms with Crippen LogP contribution in [0, 0.1) is 5.82 Å². The molecule has 3 heterocycles. The van der Waals surface area contributed by atoms with Gasteiger partial charge in [-0.2, -0.15) is 13.2 Å². The first-order valence-electron chi connectivity index (χ1n) is 11.1. The first-order chi connectivity index (χ1) is 17.0. The average Bonchev–Trinajstić information content (AvgIpc) is 2.81. The number of fused-ring (bicyclic) bond motifs is 1. The number of halogens is 6. The summed E-state index contributed by atoms with van der Waals surface area (Å²) >= 11 is 0. The Morgan fingerprint density at radius 2 is 1.94 bits per heavy atom. The normalized spacial score (nSPS) is 15.9. The summed E-state index contributed by atoms with van der Waals surface area (Å²) in [5.41, 5.74) is -0.592. The molecule has 36 heavy (non-hydrogen) atoms. The van der Waals surface area contributed by atoms with Gasteiger partial charge in [0.2, 0.25) is 0 Å². The molecule has 0 amide bonds. The van der Waals surface area contributed by atoms with Crippen LogP contribution in [0.4, 0.5) is 32.2 Å². The van der Waals surface area contributed by atoms with E-state index in [1.807, 2.05) is 0 Å². The van der Waals surface area contributed by atoms with Crippen molar-refractivity contribution in [1.82, 2.24) is 19.4 Å². The van der Waals surface area contributed by atoms with Crippen molar-refractivity contribution < 1.29 is 26.3 Å². The summed E-state index contributed by atoms with van der Waals surface area (Å²) in [6, 6.07) is 3.73. The van der Waals surface area contributed by atoms with E-state index in [1.54, 1.807) is 17.0 Å². The molecule has 0 unspecified atom stereocenters. The number of anilines is 1. The standard InChI is InChI=1S/C24H23F6N5O/c1-13(15-4-3-5-18(20(15)27)24(28,29)30)33-21-17-10-16(23(36)34(2)22(17)32-12-31-21)14-6-8-35(9-7-14)11-19(25)26/h3-6,10,12-13,19H,7-9,11H2,1-2H3,(H,31,32,33)/t13-/m1/s1. The van der Waals surface area contributed by atoms with E-state index >= 15 is 0 Å². The van der Waals surface area contributed by atoms with Gasteiger partial charge in [0.25, 0.3) is 12.0 Å². The first kappa shape index (κ1) is 25.7. The highest BCUT2D eigenvalue weighted by Crippen LogP contribution is 2.35. The van der Waals surface area contributed by atoms with E-state index in [4.69, 9.17) is 0 Å². The number of hydrogen-bond donors (Lipinski definition) is 1. The highest BCUT2D eigenvalue weighted by Gasteiger charge is 2.35. The van der Waals surface area contributed by atoms with Crippen molar-refractivity contribution in [1.29, 1.82) is 0 Å². The van der Waals surface area contributed by atoms with Crippen LogP contribution in [-0.2, 0) is 13.2 Å². The van der Waals surface area contributed by atoms with Crippen molar-refractivity contribution in [3.63, 3.8) is 0 Å². The van der Waals surface area contributed by atoms with Crippen molar-refractivity contribution in [2.75, 3.05) is 25.0 Å². The lowest BCUT2D eigenvalue weighted by molar-refractivity contribution is -0.140. The van der Waals surface area contributed by atoms with E-state index in [0.29, 0.717) is 35.6 Å². The second-order valence-corrected chi connectivity index (χ2v) is 8.58. The molecule has 1 atom stereocenters. The Morgan fingerprint density at radius 1 is 1.19 bits per heavy atom. The third kappa shape index (κ3) is 5.08. The Labute approximate surface area is 202 Å². The highest BCUT2D eigenvalue weighted by molar-refractivity contribution is 5.89. The lowest BCUT2D eigenvalue weighted by Crippen LogP contribution is -2.33. The lowest BCUT2D eigenvalue weighted by atomic mass is 9.99. The topological polar surface area (TPSA) is 63.1 Å². The Bertz CT molecular complexity index is 1370. The van der Waals surface area contributed by atoms with Crippen molar-refractivity contribution in [2.45, 2.75) is 32.0 Å². The van der Waals surface area contributed by atoms with Gasteiger partial charge in [0.1, 0.15) is 23.6 Å². The molecule has 0 fully saturated rings. The van der Waals surface area contributed by atoms with Crippen LogP contribution in [-0.4, -0.2) is 45.5 Å². The lowest BCUT2D eigenvalue weighted by Gasteiger charge is -2.26. The summed E-state index contributed by atoms with van der Waals surface area (Å²) in [5.74, 6) is -1.17. The molecule has 0 saturated heterocycles. The summed E-state index contributed by atoms with van der Waals surface area (Å²) in [6.07, 6.45) is -3.99. The molecule has 1 aliphatic rings. The molecule has 1 aromatic carbocycles. The van der Waals surface area contributed by atoms with Gasteiger partial charge in [0.05, 0.1) is 23.5 Å². The number of rotatable bonds is 6. The largest absolute Gasteiger partial charge is 0.419 e. The van der Waals surface area contributed by atoms with Crippen molar-refractivity contribution in [3.05, 3.63) is 69.5 Å². The first-order valence-corrected chi connectivity index (χ1v) is 11.1. The molecule has 0 bridgehead atoms. The van der Waals surface area contributed by atoms with Crippen LogP contribution in [0.1, 0.15) is 36.1 Å². The smallest absolute Gasteiger partial charge is 0.363 e. The summed E-state index contributed by atoms with van der Waals surface area (Å²) in [5, 5.41) is 3.35. The van der Waals surface area contributed by atoms with Crippen LogP contribution in [0.25, 0.3) is 16.6 Å². The number of nitrogens with zero attached hydrogens (tertiary/aromatic N) is 4. The minimum absolute atomic E-state index is 0.198. The van der Waals surface area contributed by atoms with E-state index in [1.165, 1.54) is 30.9 Å². The number of nitrogens with one attached hydrogen (secondary N) is 1. The van der Waals surface area contributed by atoms with Crippen molar-refractivity contribution in [2.24, 2.45) is 7.05 Å². The fourth-order valence-corrected chi connectivity index (χ4v) is 4.32. The molecule has 1 aliphatic heterocycles. The number of aryl methyl sites for hydroxylation is 1. The predicted octanol–water partition coefficient (Wildman–Crippen LogP) is 5.01. The van der Waals surface area contributed by atoms with E-state index in [2.05, 4.69) is 15.3 Å². The zero-order valence-electron chi connectivity index (χ0n) is 19.4. The number of alkyl halides is 5. The number of aromatic nitrogens is 3. The molecule has 192 valence electrons. The van der Waals surface area contributed by atoms with Gasteiger partial charge in [-0.05, 0) is 31.1 Å². The number of pyridine rings is 1. The minimum Gasteiger partial charge on any atom is -0.363 e. The van der Waals surface area contributed by atoms with Gasteiger partial charge in [-0.3, -0.25) is 14.3 Å². The Hall–Kier alpha value is -3.41. The van der Waals surface area contributed by atoms with Crippen LogP contribution in [0.15, 0.2) is 41.5 Å². The molecular formula is C24H23F6N5O.